The van der Waals surface area contributed by atoms with Crippen LogP contribution in [0.5, 0.6) is 5.75 Å². The third kappa shape index (κ3) is 4.27. The summed E-state index contributed by atoms with van der Waals surface area (Å²) in [6.07, 6.45) is -4.64. The van der Waals surface area contributed by atoms with E-state index >= 15 is 0 Å². The van der Waals surface area contributed by atoms with E-state index in [0.717, 1.165) is 11.5 Å². The van der Waals surface area contributed by atoms with Gasteiger partial charge < -0.3 is 4.74 Å². The molecule has 0 fully saturated rings. The van der Waals surface area contributed by atoms with E-state index in [4.69, 9.17) is 0 Å². The Bertz CT molecular complexity index is 347. The Morgan fingerprint density at radius 2 is 1.80 bits per heavy atom. The van der Waals surface area contributed by atoms with Gasteiger partial charge in [0.15, 0.2) is 0 Å². The van der Waals surface area contributed by atoms with Crippen molar-refractivity contribution in [3.63, 3.8) is 0 Å². The van der Waals surface area contributed by atoms with Crippen molar-refractivity contribution in [3.05, 3.63) is 33.3 Å². The van der Waals surface area contributed by atoms with Crippen LogP contribution in [0.25, 0.3) is 0 Å². The summed E-state index contributed by atoms with van der Waals surface area (Å²) in [7, 11) is 0. The van der Waals surface area contributed by atoms with Gasteiger partial charge in [-0.25, -0.2) is 0 Å². The first kappa shape index (κ1) is 12.6. The van der Waals surface area contributed by atoms with Crippen LogP contribution < -0.4 is 4.74 Å². The van der Waals surface area contributed by atoms with Crippen molar-refractivity contribution in [2.75, 3.05) is 0 Å². The Hall–Kier alpha value is -0.460. The molecule has 0 unspecified atom stereocenters. The molecular weight excluding hydrogens is 320 g/mol. The molecule has 15 heavy (non-hydrogen) atoms. The number of hydrogen-bond donors (Lipinski definition) is 0. The molecule has 0 aliphatic heterocycles. The van der Waals surface area contributed by atoms with Crippen molar-refractivity contribution in [3.8, 4) is 5.75 Å². The molecule has 1 aromatic rings. The highest BCUT2D eigenvalue weighted by Gasteiger charge is 2.31. The standard InChI is InChI=1S/C10H9F3IO/c1-6(2)7-3-8(14)5-9(4-7)15-10(11,12)13/h3-5H,1-2H3. The van der Waals surface area contributed by atoms with E-state index in [-0.39, 0.29) is 5.75 Å². The second-order valence-corrected chi connectivity index (χ2v) is 4.47. The van der Waals surface area contributed by atoms with Gasteiger partial charge >= 0.3 is 6.36 Å². The van der Waals surface area contributed by atoms with Crippen LogP contribution in [0, 0.1) is 9.49 Å². The Kier molecular flexibility index (Phi) is 3.86. The predicted molar refractivity (Wildman–Crippen MR) is 59.5 cm³/mol. The minimum absolute atomic E-state index is 0.175. The lowest BCUT2D eigenvalue weighted by atomic mass is 10.0. The van der Waals surface area contributed by atoms with Gasteiger partial charge in [-0.05, 0) is 52.3 Å². The van der Waals surface area contributed by atoms with Crippen molar-refractivity contribution in [2.24, 2.45) is 0 Å². The van der Waals surface area contributed by atoms with Crippen molar-refractivity contribution in [1.82, 2.24) is 0 Å². The monoisotopic (exact) mass is 329 g/mol. The maximum Gasteiger partial charge on any atom is 0.573 e. The van der Waals surface area contributed by atoms with Crippen molar-refractivity contribution >= 4 is 22.6 Å². The smallest absolute Gasteiger partial charge is 0.406 e. The van der Waals surface area contributed by atoms with Crippen LogP contribution in [-0.4, -0.2) is 6.36 Å². The Balaban J connectivity index is 2.99. The maximum atomic E-state index is 12.0. The SMILES string of the molecule is C[C](C)c1cc(I)cc(OC(F)(F)F)c1. The van der Waals surface area contributed by atoms with E-state index < -0.39 is 6.36 Å². The molecule has 1 radical (unpaired) electrons. The first-order chi connectivity index (χ1) is 6.78. The first-order valence-electron chi connectivity index (χ1n) is 4.15. The highest BCUT2D eigenvalue weighted by Crippen LogP contribution is 2.28. The van der Waals surface area contributed by atoms with Gasteiger partial charge in [-0.2, -0.15) is 0 Å². The number of benzene rings is 1. The molecular formula is C10H9F3IO. The van der Waals surface area contributed by atoms with Gasteiger partial charge in [-0.1, -0.05) is 13.8 Å². The zero-order valence-corrected chi connectivity index (χ0v) is 10.3. The van der Waals surface area contributed by atoms with E-state index in [0.29, 0.717) is 3.57 Å². The van der Waals surface area contributed by atoms with E-state index in [2.05, 4.69) is 4.74 Å². The average molecular weight is 329 g/mol. The molecule has 0 aromatic heterocycles. The van der Waals surface area contributed by atoms with Crippen molar-refractivity contribution in [1.29, 1.82) is 0 Å². The summed E-state index contributed by atoms with van der Waals surface area (Å²) >= 11 is 1.96. The Morgan fingerprint density at radius 1 is 1.20 bits per heavy atom. The van der Waals surface area contributed by atoms with E-state index in [1.807, 2.05) is 36.4 Å². The molecule has 0 aliphatic carbocycles. The largest absolute Gasteiger partial charge is 0.573 e. The lowest BCUT2D eigenvalue weighted by Gasteiger charge is -2.12. The predicted octanol–water partition coefficient (Wildman–Crippen LogP) is 4.15. The van der Waals surface area contributed by atoms with E-state index in [1.165, 1.54) is 12.1 Å². The van der Waals surface area contributed by atoms with E-state index in [1.54, 1.807) is 6.07 Å². The van der Waals surface area contributed by atoms with Crippen LogP contribution >= 0.6 is 22.6 Å². The van der Waals surface area contributed by atoms with Crippen LogP contribution in [0.3, 0.4) is 0 Å². The number of hydrogen-bond acceptors (Lipinski definition) is 1. The van der Waals surface area contributed by atoms with Gasteiger partial charge in [0.25, 0.3) is 0 Å². The van der Waals surface area contributed by atoms with Gasteiger partial charge in [-0.15, -0.1) is 13.2 Å². The van der Waals surface area contributed by atoms with Gasteiger partial charge in [0, 0.05) is 3.57 Å². The second kappa shape index (κ2) is 4.59. The van der Waals surface area contributed by atoms with Crippen LogP contribution in [0.4, 0.5) is 13.2 Å². The minimum Gasteiger partial charge on any atom is -0.406 e. The molecule has 0 bridgehead atoms. The van der Waals surface area contributed by atoms with Crippen molar-refractivity contribution in [2.45, 2.75) is 20.2 Å². The fraction of sp³-hybridized carbons (Fsp3) is 0.300. The topological polar surface area (TPSA) is 9.23 Å². The highest BCUT2D eigenvalue weighted by molar-refractivity contribution is 14.1. The molecule has 0 atom stereocenters. The zero-order chi connectivity index (χ0) is 11.6. The van der Waals surface area contributed by atoms with Gasteiger partial charge in [0.2, 0.25) is 0 Å². The molecule has 0 heterocycles. The third-order valence-electron chi connectivity index (χ3n) is 1.68. The van der Waals surface area contributed by atoms with Gasteiger partial charge in [0.05, 0.1) is 0 Å². The molecule has 1 aromatic carbocycles. The molecule has 83 valence electrons. The van der Waals surface area contributed by atoms with Crippen molar-refractivity contribution < 1.29 is 17.9 Å². The lowest BCUT2D eigenvalue weighted by molar-refractivity contribution is -0.274. The zero-order valence-electron chi connectivity index (χ0n) is 8.15. The molecule has 0 aliphatic rings. The highest BCUT2D eigenvalue weighted by atomic mass is 127. The van der Waals surface area contributed by atoms with Crippen LogP contribution in [0.1, 0.15) is 19.4 Å². The summed E-state index contributed by atoms with van der Waals surface area (Å²) in [4.78, 5) is 0. The second-order valence-electron chi connectivity index (χ2n) is 3.22. The molecule has 0 saturated heterocycles. The average Bonchev–Trinajstić information content (AvgIpc) is 1.99. The van der Waals surface area contributed by atoms with Gasteiger partial charge in [0.1, 0.15) is 5.75 Å². The Labute approximate surface area is 99.8 Å². The summed E-state index contributed by atoms with van der Waals surface area (Å²) in [5.74, 6) is 0.770. The molecule has 0 amide bonds. The fourth-order valence-electron chi connectivity index (χ4n) is 1.04. The number of halogens is 4. The fourth-order valence-corrected chi connectivity index (χ4v) is 1.69. The number of ether oxygens (including phenoxy) is 1. The minimum atomic E-state index is -4.64. The summed E-state index contributed by atoms with van der Waals surface area (Å²) in [6, 6.07) is 4.53. The maximum absolute atomic E-state index is 12.0. The van der Waals surface area contributed by atoms with E-state index in [9.17, 15) is 13.2 Å². The lowest BCUT2D eigenvalue weighted by Crippen LogP contribution is -2.17. The van der Waals surface area contributed by atoms with Crippen LogP contribution in [0.2, 0.25) is 0 Å². The molecule has 1 rings (SSSR count). The molecule has 1 nitrogen and oxygen atoms in total. The Morgan fingerprint density at radius 3 is 2.27 bits per heavy atom. The summed E-state index contributed by atoms with van der Waals surface area (Å²) in [5.41, 5.74) is 0.751. The van der Waals surface area contributed by atoms with Crippen LogP contribution in [0.15, 0.2) is 18.2 Å². The molecule has 0 saturated carbocycles. The first-order valence-corrected chi connectivity index (χ1v) is 5.22. The number of rotatable bonds is 2. The molecule has 0 spiro atoms. The quantitative estimate of drug-likeness (QED) is 0.741. The summed E-state index contributed by atoms with van der Waals surface area (Å²) < 4.78 is 40.5. The normalized spacial score (nSPS) is 11.9. The van der Waals surface area contributed by atoms with Crippen LogP contribution in [-0.2, 0) is 0 Å². The van der Waals surface area contributed by atoms with Gasteiger partial charge in [-0.3, -0.25) is 0 Å². The molecule has 0 N–H and O–H groups in total. The third-order valence-corrected chi connectivity index (χ3v) is 2.31. The number of alkyl halides is 3. The summed E-state index contributed by atoms with van der Waals surface area (Å²) in [6.45, 7) is 3.67. The molecule has 5 heteroatoms. The summed E-state index contributed by atoms with van der Waals surface area (Å²) in [5, 5.41) is 0.